The van der Waals surface area contributed by atoms with Gasteiger partial charge < -0.3 is 4.98 Å². The van der Waals surface area contributed by atoms with Crippen LogP contribution < -0.4 is 5.72 Å². The number of hydrogen-bond acceptors (Lipinski definition) is 1. The summed E-state index contributed by atoms with van der Waals surface area (Å²) in [5.41, 5.74) is 5.05. The van der Waals surface area contributed by atoms with Gasteiger partial charge in [0, 0.05) is 23.7 Å². The Kier molecular flexibility index (Phi) is 5.54. The summed E-state index contributed by atoms with van der Waals surface area (Å²) in [5.74, 6) is 1.04. The highest BCUT2D eigenvalue weighted by molar-refractivity contribution is 6.51. The van der Waals surface area contributed by atoms with Gasteiger partial charge in [0.05, 0.1) is 5.72 Å². The number of benzene rings is 2. The predicted molar refractivity (Wildman–Crippen MR) is 109 cm³/mol. The summed E-state index contributed by atoms with van der Waals surface area (Å²) in [6.45, 7) is 0. The topological polar surface area (TPSA) is 28.7 Å². The van der Waals surface area contributed by atoms with Crippen LogP contribution in [0.25, 0.3) is 0 Å². The molecule has 2 nitrogen and oxygen atoms in total. The van der Waals surface area contributed by atoms with E-state index in [1.165, 1.54) is 48.9 Å². The van der Waals surface area contributed by atoms with E-state index >= 15 is 0 Å². The Morgan fingerprint density at radius 2 is 1.50 bits per heavy atom. The maximum Gasteiger partial charge on any atom is 0.202 e. The molecule has 0 amide bonds. The summed E-state index contributed by atoms with van der Waals surface area (Å²) < 4.78 is 0. The molecule has 0 unspecified atom stereocenters. The van der Waals surface area contributed by atoms with Crippen molar-refractivity contribution >= 4 is 13.0 Å². The normalized spacial score (nSPS) is 15.3. The summed E-state index contributed by atoms with van der Waals surface area (Å²) in [6, 6.07) is 21.6. The van der Waals surface area contributed by atoms with Crippen LogP contribution in [0.5, 0.6) is 0 Å². The van der Waals surface area contributed by atoms with E-state index < -0.39 is 0 Å². The van der Waals surface area contributed by atoms with Gasteiger partial charge in [0.15, 0.2) is 0 Å². The van der Waals surface area contributed by atoms with Gasteiger partial charge in [0.1, 0.15) is 0 Å². The summed E-state index contributed by atoms with van der Waals surface area (Å²) in [6.07, 6.45) is 9.71. The number of nitrogens with zero attached hydrogens (tertiary/aromatic N) is 1. The van der Waals surface area contributed by atoms with Crippen LogP contribution >= 0.6 is 0 Å². The Morgan fingerprint density at radius 1 is 0.885 bits per heavy atom. The van der Waals surface area contributed by atoms with Crippen LogP contribution in [0, 0.1) is 0 Å². The summed E-state index contributed by atoms with van der Waals surface area (Å²) >= 11 is 0. The molecule has 4 rings (SSSR count). The standard InChI is InChI=1S/C23H26BN2/c1-4-10-18(11-5-1)21(19-12-6-2-7-13-19)16-24-23-25-17-22(26-23)20-14-8-3-9-15-20/h1-2,4-7,10-13,17,20-21H,3,8-9,14-16H2,(H,25,26). The third-order valence-corrected chi connectivity index (χ3v) is 5.61. The lowest BCUT2D eigenvalue weighted by atomic mass is 9.65. The average Bonchev–Trinajstić information content (AvgIpc) is 3.20. The fourth-order valence-corrected chi connectivity index (χ4v) is 4.14. The van der Waals surface area contributed by atoms with Crippen molar-refractivity contribution in [1.82, 2.24) is 9.97 Å². The highest BCUT2D eigenvalue weighted by atomic mass is 14.9. The lowest BCUT2D eigenvalue weighted by Gasteiger charge is -2.20. The first-order valence-electron chi connectivity index (χ1n) is 9.88. The van der Waals surface area contributed by atoms with Crippen LogP contribution in [-0.2, 0) is 0 Å². The maximum absolute atomic E-state index is 4.64. The molecule has 1 heterocycles. The largest absolute Gasteiger partial charge is 0.354 e. The zero-order valence-corrected chi connectivity index (χ0v) is 15.3. The van der Waals surface area contributed by atoms with Crippen molar-refractivity contribution in [1.29, 1.82) is 0 Å². The Bertz CT molecular complexity index is 752. The van der Waals surface area contributed by atoms with Gasteiger partial charge in [-0.05, 0) is 24.0 Å². The monoisotopic (exact) mass is 341 g/mol. The van der Waals surface area contributed by atoms with Crippen molar-refractivity contribution in [3.63, 3.8) is 0 Å². The molecule has 2 aromatic carbocycles. The molecule has 1 N–H and O–H groups in total. The van der Waals surface area contributed by atoms with Crippen LogP contribution in [0.15, 0.2) is 66.9 Å². The van der Waals surface area contributed by atoms with Gasteiger partial charge in [-0.15, -0.1) is 0 Å². The quantitative estimate of drug-likeness (QED) is 0.626. The van der Waals surface area contributed by atoms with Crippen molar-refractivity contribution < 1.29 is 0 Å². The van der Waals surface area contributed by atoms with Crippen molar-refractivity contribution in [2.24, 2.45) is 0 Å². The molecule has 1 aliphatic rings. The van der Waals surface area contributed by atoms with Crippen LogP contribution in [0.2, 0.25) is 6.32 Å². The fourth-order valence-electron chi connectivity index (χ4n) is 4.14. The van der Waals surface area contributed by atoms with Gasteiger partial charge in [-0.25, -0.2) is 0 Å². The molecule has 131 valence electrons. The SMILES string of the molecule is [B](CC(c1ccccc1)c1ccccc1)c1ncc(C2CCCCC2)[nH]1. The predicted octanol–water partition coefficient (Wildman–Crippen LogP) is 5.04. The van der Waals surface area contributed by atoms with Crippen LogP contribution in [0.4, 0.5) is 0 Å². The van der Waals surface area contributed by atoms with Gasteiger partial charge in [-0.2, -0.15) is 0 Å². The summed E-state index contributed by atoms with van der Waals surface area (Å²) in [7, 11) is 2.26. The second kappa shape index (κ2) is 8.40. The van der Waals surface area contributed by atoms with E-state index in [4.69, 9.17) is 0 Å². The zero-order chi connectivity index (χ0) is 17.6. The Labute approximate surface area is 157 Å². The first kappa shape index (κ1) is 17.1. The molecule has 26 heavy (non-hydrogen) atoms. The number of hydrogen-bond donors (Lipinski definition) is 1. The first-order valence-corrected chi connectivity index (χ1v) is 9.88. The minimum absolute atomic E-state index is 0.362. The molecule has 0 saturated heterocycles. The van der Waals surface area contributed by atoms with Crippen molar-refractivity contribution in [2.75, 3.05) is 0 Å². The maximum atomic E-state index is 4.64. The third-order valence-electron chi connectivity index (χ3n) is 5.61. The summed E-state index contributed by atoms with van der Waals surface area (Å²) in [4.78, 5) is 8.21. The highest BCUT2D eigenvalue weighted by Gasteiger charge is 2.19. The van der Waals surface area contributed by atoms with Crippen LogP contribution in [-0.4, -0.2) is 17.2 Å². The molecule has 1 aliphatic carbocycles. The molecule has 0 bridgehead atoms. The van der Waals surface area contributed by atoms with Crippen molar-refractivity contribution in [3.05, 3.63) is 83.7 Å². The van der Waals surface area contributed by atoms with Gasteiger partial charge in [-0.1, -0.05) is 86.2 Å². The highest BCUT2D eigenvalue weighted by Crippen LogP contribution is 2.31. The van der Waals surface area contributed by atoms with Gasteiger partial charge in [-0.3, -0.25) is 4.98 Å². The molecular weight excluding hydrogens is 315 g/mol. The number of H-pyrrole nitrogens is 1. The van der Waals surface area contributed by atoms with E-state index in [1.807, 2.05) is 0 Å². The number of aromatic nitrogens is 2. The molecule has 3 heteroatoms. The molecule has 1 saturated carbocycles. The second-order valence-electron chi connectivity index (χ2n) is 7.37. The molecular formula is C23H26BN2. The molecule has 0 aliphatic heterocycles. The summed E-state index contributed by atoms with van der Waals surface area (Å²) in [5, 5.41) is 0. The zero-order valence-electron chi connectivity index (χ0n) is 15.3. The lowest BCUT2D eigenvalue weighted by molar-refractivity contribution is 0.438. The van der Waals surface area contributed by atoms with Crippen LogP contribution in [0.3, 0.4) is 0 Å². The average molecular weight is 341 g/mol. The second-order valence-corrected chi connectivity index (χ2v) is 7.37. The minimum atomic E-state index is 0.362. The van der Waals surface area contributed by atoms with Gasteiger partial charge in [0.2, 0.25) is 7.28 Å². The smallest absolute Gasteiger partial charge is 0.202 e. The number of nitrogens with one attached hydrogen (secondary N) is 1. The van der Waals surface area contributed by atoms with Crippen molar-refractivity contribution in [2.45, 2.75) is 50.3 Å². The number of rotatable bonds is 6. The Hall–Kier alpha value is -2.29. The van der Waals surface area contributed by atoms with E-state index in [1.54, 1.807) is 0 Å². The number of aromatic amines is 1. The van der Waals surface area contributed by atoms with E-state index in [-0.39, 0.29) is 0 Å². The van der Waals surface area contributed by atoms with E-state index in [2.05, 4.69) is 84.1 Å². The molecule has 1 aromatic heterocycles. The molecule has 0 spiro atoms. The van der Waals surface area contributed by atoms with Crippen molar-refractivity contribution in [3.8, 4) is 0 Å². The van der Waals surface area contributed by atoms with E-state index in [0.29, 0.717) is 11.8 Å². The number of imidazole rings is 1. The first-order chi connectivity index (χ1) is 12.9. The van der Waals surface area contributed by atoms with Gasteiger partial charge in [0.25, 0.3) is 0 Å². The molecule has 1 radical (unpaired) electrons. The van der Waals surface area contributed by atoms with E-state index in [0.717, 1.165) is 12.0 Å². The Morgan fingerprint density at radius 3 is 2.12 bits per heavy atom. The molecule has 0 atom stereocenters. The van der Waals surface area contributed by atoms with Crippen LogP contribution in [0.1, 0.15) is 60.8 Å². The fraction of sp³-hybridized carbons (Fsp3) is 0.348. The molecule has 1 fully saturated rings. The minimum Gasteiger partial charge on any atom is -0.354 e. The third kappa shape index (κ3) is 4.09. The lowest BCUT2D eigenvalue weighted by Crippen LogP contribution is -2.21. The molecule has 3 aromatic rings. The van der Waals surface area contributed by atoms with Gasteiger partial charge >= 0.3 is 0 Å². The van der Waals surface area contributed by atoms with E-state index in [9.17, 15) is 0 Å². The Balaban J connectivity index is 1.48.